The molecular formula is C5H14N2O. The van der Waals surface area contributed by atoms with Gasteiger partial charge in [0.05, 0.1) is 6.61 Å². The summed E-state index contributed by atoms with van der Waals surface area (Å²) < 4.78 is 4.99. The third-order valence-corrected chi connectivity index (χ3v) is 0.852. The number of hydrogen-bond donors (Lipinski definition) is 2. The molecule has 8 heavy (non-hydrogen) atoms. The molecule has 0 aliphatic rings. The molecule has 3 nitrogen and oxygen atoms in total. The van der Waals surface area contributed by atoms with Gasteiger partial charge in [0.2, 0.25) is 0 Å². The summed E-state index contributed by atoms with van der Waals surface area (Å²) in [5.41, 5.74) is 10.5. The van der Waals surface area contributed by atoms with Crippen molar-refractivity contribution in [1.82, 2.24) is 0 Å². The summed E-state index contributed by atoms with van der Waals surface area (Å²) >= 11 is 0. The average Bonchev–Trinajstić information content (AvgIpc) is 1.83. The van der Waals surface area contributed by atoms with Crippen LogP contribution in [0.5, 0.6) is 0 Å². The molecular weight excluding hydrogens is 104 g/mol. The van der Waals surface area contributed by atoms with Crippen LogP contribution >= 0.6 is 0 Å². The van der Waals surface area contributed by atoms with E-state index < -0.39 is 0 Å². The largest absolute Gasteiger partial charge is 0.362 e. The molecule has 0 aromatic heterocycles. The summed E-state index contributed by atoms with van der Waals surface area (Å²) in [5.74, 6) is 0. The van der Waals surface area contributed by atoms with Crippen molar-refractivity contribution in [3.63, 3.8) is 0 Å². The molecule has 0 amide bonds. The average molecular weight is 118 g/mol. The zero-order chi connectivity index (χ0) is 6.41. The Kier molecular flexibility index (Phi) is 4.95. The Morgan fingerprint density at radius 1 is 1.62 bits per heavy atom. The highest BCUT2D eigenvalue weighted by atomic mass is 16.5. The minimum absolute atomic E-state index is 0.126. The van der Waals surface area contributed by atoms with Crippen LogP contribution in [0.1, 0.15) is 13.3 Å². The van der Waals surface area contributed by atoms with Gasteiger partial charge in [-0.1, -0.05) is 6.92 Å². The second-order valence-electron chi connectivity index (χ2n) is 1.61. The van der Waals surface area contributed by atoms with Crippen LogP contribution in [-0.2, 0) is 4.74 Å². The Morgan fingerprint density at radius 3 is 2.62 bits per heavy atom. The van der Waals surface area contributed by atoms with Crippen LogP contribution in [0.3, 0.4) is 0 Å². The normalized spacial score (nSPS) is 13.9. The van der Waals surface area contributed by atoms with Crippen LogP contribution in [0, 0.1) is 0 Å². The van der Waals surface area contributed by atoms with Crippen molar-refractivity contribution in [3.8, 4) is 0 Å². The molecule has 0 heterocycles. The van der Waals surface area contributed by atoms with Gasteiger partial charge >= 0.3 is 0 Å². The Labute approximate surface area is 50.0 Å². The summed E-state index contributed by atoms with van der Waals surface area (Å²) in [5, 5.41) is 0. The van der Waals surface area contributed by atoms with Gasteiger partial charge in [0.15, 0.2) is 0 Å². The highest BCUT2D eigenvalue weighted by Crippen LogP contribution is 1.85. The SMILES string of the molecule is CCC(N)OCCN. The molecule has 0 aromatic carbocycles. The van der Waals surface area contributed by atoms with Gasteiger partial charge in [-0.15, -0.1) is 0 Å². The molecule has 50 valence electrons. The molecule has 0 spiro atoms. The topological polar surface area (TPSA) is 61.3 Å². The van der Waals surface area contributed by atoms with Crippen molar-refractivity contribution < 1.29 is 4.74 Å². The van der Waals surface area contributed by atoms with E-state index in [4.69, 9.17) is 16.2 Å². The van der Waals surface area contributed by atoms with Gasteiger partial charge in [0, 0.05) is 6.54 Å². The molecule has 4 N–H and O–H groups in total. The maximum atomic E-state index is 5.38. The molecule has 1 unspecified atom stereocenters. The van der Waals surface area contributed by atoms with Crippen LogP contribution in [0.4, 0.5) is 0 Å². The maximum Gasteiger partial charge on any atom is 0.105 e. The van der Waals surface area contributed by atoms with E-state index in [0.717, 1.165) is 6.42 Å². The third kappa shape index (κ3) is 4.05. The molecule has 0 bridgehead atoms. The van der Waals surface area contributed by atoms with Gasteiger partial charge in [-0.3, -0.25) is 0 Å². The van der Waals surface area contributed by atoms with E-state index in [0.29, 0.717) is 13.2 Å². The van der Waals surface area contributed by atoms with E-state index in [1.807, 2.05) is 6.92 Å². The third-order valence-electron chi connectivity index (χ3n) is 0.852. The Hall–Kier alpha value is -0.120. The second kappa shape index (κ2) is 5.03. The summed E-state index contributed by atoms with van der Waals surface area (Å²) in [7, 11) is 0. The Balaban J connectivity index is 2.86. The zero-order valence-electron chi connectivity index (χ0n) is 5.26. The van der Waals surface area contributed by atoms with E-state index in [1.54, 1.807) is 0 Å². The molecule has 0 aromatic rings. The summed E-state index contributed by atoms with van der Waals surface area (Å²) in [6.07, 6.45) is 0.721. The molecule has 0 saturated carbocycles. The lowest BCUT2D eigenvalue weighted by Crippen LogP contribution is -2.25. The van der Waals surface area contributed by atoms with Gasteiger partial charge in [-0.05, 0) is 6.42 Å². The lowest BCUT2D eigenvalue weighted by atomic mass is 10.4. The van der Waals surface area contributed by atoms with Gasteiger partial charge < -0.3 is 16.2 Å². The van der Waals surface area contributed by atoms with Crippen LogP contribution in [0.25, 0.3) is 0 Å². The standard InChI is InChI=1S/C5H14N2O/c1-2-5(7)8-4-3-6/h5H,2-4,6-7H2,1H3. The number of rotatable bonds is 4. The van der Waals surface area contributed by atoms with Gasteiger partial charge in [0.1, 0.15) is 6.23 Å². The fraction of sp³-hybridized carbons (Fsp3) is 1.00. The molecule has 0 radical (unpaired) electrons. The fourth-order valence-corrected chi connectivity index (χ4v) is 0.337. The summed E-state index contributed by atoms with van der Waals surface area (Å²) in [6.45, 7) is 3.09. The van der Waals surface area contributed by atoms with Crippen LogP contribution < -0.4 is 11.5 Å². The molecule has 0 aliphatic carbocycles. The first-order chi connectivity index (χ1) is 3.81. The van der Waals surface area contributed by atoms with E-state index in [9.17, 15) is 0 Å². The van der Waals surface area contributed by atoms with Gasteiger partial charge in [0.25, 0.3) is 0 Å². The number of hydrogen-bond acceptors (Lipinski definition) is 3. The lowest BCUT2D eigenvalue weighted by molar-refractivity contribution is 0.0609. The summed E-state index contributed by atoms with van der Waals surface area (Å²) in [4.78, 5) is 0. The van der Waals surface area contributed by atoms with Crippen molar-refractivity contribution in [3.05, 3.63) is 0 Å². The number of ether oxygens (including phenoxy) is 1. The van der Waals surface area contributed by atoms with Crippen molar-refractivity contribution >= 4 is 0 Å². The minimum Gasteiger partial charge on any atom is -0.362 e. The molecule has 3 heteroatoms. The second-order valence-corrected chi connectivity index (χ2v) is 1.61. The van der Waals surface area contributed by atoms with E-state index in [2.05, 4.69) is 0 Å². The van der Waals surface area contributed by atoms with Crippen LogP contribution in [-0.4, -0.2) is 19.4 Å². The maximum absolute atomic E-state index is 5.38. The minimum atomic E-state index is -0.126. The van der Waals surface area contributed by atoms with Crippen molar-refractivity contribution in [2.45, 2.75) is 19.6 Å². The highest BCUT2D eigenvalue weighted by molar-refractivity contribution is 4.41. The molecule has 0 aliphatic heterocycles. The highest BCUT2D eigenvalue weighted by Gasteiger charge is 1.93. The molecule has 0 fully saturated rings. The van der Waals surface area contributed by atoms with Gasteiger partial charge in [-0.2, -0.15) is 0 Å². The predicted octanol–water partition coefficient (Wildman–Crippen LogP) is -0.343. The van der Waals surface area contributed by atoms with Gasteiger partial charge in [-0.25, -0.2) is 0 Å². The predicted molar refractivity (Wildman–Crippen MR) is 33.3 cm³/mol. The molecule has 1 atom stereocenters. The van der Waals surface area contributed by atoms with E-state index in [-0.39, 0.29) is 6.23 Å². The zero-order valence-corrected chi connectivity index (χ0v) is 5.26. The quantitative estimate of drug-likeness (QED) is 0.496. The summed E-state index contributed by atoms with van der Waals surface area (Å²) in [6, 6.07) is 0. The first-order valence-corrected chi connectivity index (χ1v) is 2.88. The Morgan fingerprint density at radius 2 is 2.25 bits per heavy atom. The first kappa shape index (κ1) is 7.88. The smallest absolute Gasteiger partial charge is 0.105 e. The molecule has 0 rings (SSSR count). The van der Waals surface area contributed by atoms with Crippen LogP contribution in [0.15, 0.2) is 0 Å². The van der Waals surface area contributed by atoms with Crippen molar-refractivity contribution in [2.24, 2.45) is 11.5 Å². The first-order valence-electron chi connectivity index (χ1n) is 2.88. The molecule has 0 saturated heterocycles. The van der Waals surface area contributed by atoms with Crippen molar-refractivity contribution in [2.75, 3.05) is 13.2 Å². The van der Waals surface area contributed by atoms with Crippen molar-refractivity contribution in [1.29, 1.82) is 0 Å². The lowest BCUT2D eigenvalue weighted by Gasteiger charge is -2.07. The fourth-order valence-electron chi connectivity index (χ4n) is 0.337. The van der Waals surface area contributed by atoms with E-state index in [1.165, 1.54) is 0 Å². The Bertz CT molecular complexity index is 49.7. The number of nitrogens with two attached hydrogens (primary N) is 2. The van der Waals surface area contributed by atoms with E-state index >= 15 is 0 Å². The monoisotopic (exact) mass is 118 g/mol. The van der Waals surface area contributed by atoms with Crippen LogP contribution in [0.2, 0.25) is 0 Å².